The van der Waals surface area contributed by atoms with Gasteiger partial charge in [-0.05, 0) is 42.2 Å². The van der Waals surface area contributed by atoms with Crippen molar-refractivity contribution in [1.29, 1.82) is 0 Å². The Morgan fingerprint density at radius 1 is 1.00 bits per heavy atom. The second-order valence-electron chi connectivity index (χ2n) is 4.08. The number of hydrogen-bond acceptors (Lipinski definition) is 1. The average molecular weight is 209 g/mol. The van der Waals surface area contributed by atoms with E-state index in [1.54, 1.807) is 0 Å². The van der Waals surface area contributed by atoms with Gasteiger partial charge in [0.1, 0.15) is 11.5 Å². The maximum absolute atomic E-state index is 5.86. The van der Waals surface area contributed by atoms with E-state index < -0.39 is 0 Å². The van der Waals surface area contributed by atoms with E-state index in [4.69, 9.17) is 4.74 Å². The molecule has 0 aromatic heterocycles. The first kappa shape index (κ1) is 9.46. The third kappa shape index (κ3) is 1.49. The Hall–Kier alpha value is -1.76. The lowest BCUT2D eigenvalue weighted by atomic mass is 9.98. The van der Waals surface area contributed by atoms with Crippen molar-refractivity contribution in [2.24, 2.45) is 0 Å². The molecule has 2 aromatic carbocycles. The van der Waals surface area contributed by atoms with Crippen LogP contribution in [0.25, 0.3) is 0 Å². The number of hydrogen-bond donors (Lipinski definition) is 0. The van der Waals surface area contributed by atoms with Crippen LogP contribution in [-0.4, -0.2) is 0 Å². The summed E-state index contributed by atoms with van der Waals surface area (Å²) in [6.07, 6.45) is 1.79. The normalized spacial score (nSPS) is 12.6. The monoisotopic (exact) mass is 209 g/mol. The second kappa shape index (κ2) is 3.67. The summed E-state index contributed by atoms with van der Waals surface area (Å²) in [5.74, 6) is 1.97. The molecule has 3 rings (SSSR count). The molecule has 0 unspecified atom stereocenters. The lowest BCUT2D eigenvalue weighted by molar-refractivity contribution is 0.460. The summed E-state index contributed by atoms with van der Waals surface area (Å²) in [6.45, 7) is 3.91. The van der Waals surface area contributed by atoms with E-state index in [1.807, 2.05) is 18.2 Å². The number of benzene rings is 2. The highest BCUT2D eigenvalue weighted by Crippen LogP contribution is 2.36. The van der Waals surface area contributed by atoms with Gasteiger partial charge in [0.05, 0.1) is 0 Å². The zero-order valence-corrected chi connectivity index (χ0v) is 9.07. The van der Waals surface area contributed by atoms with Gasteiger partial charge in [0.2, 0.25) is 0 Å². The van der Waals surface area contributed by atoms with Gasteiger partial charge in [-0.2, -0.15) is 0 Å². The smallest absolute Gasteiger partial charge is 0.130 e. The van der Waals surface area contributed by atoms with Gasteiger partial charge in [-0.25, -0.2) is 0 Å². The fraction of sp³-hybridized carbons (Fsp3) is 0.133. The zero-order chi connectivity index (χ0) is 11.0. The number of rotatable bonds is 1. The Morgan fingerprint density at radius 3 is 2.69 bits per heavy atom. The molecule has 0 saturated heterocycles. The van der Waals surface area contributed by atoms with Crippen molar-refractivity contribution in [3.05, 3.63) is 66.1 Å². The summed E-state index contributed by atoms with van der Waals surface area (Å²) in [5, 5.41) is 0. The molecule has 0 amide bonds. The van der Waals surface area contributed by atoms with Crippen LogP contribution in [0.2, 0.25) is 0 Å². The highest BCUT2D eigenvalue weighted by Gasteiger charge is 2.15. The van der Waals surface area contributed by atoms with Crippen LogP contribution in [0, 0.1) is 6.92 Å². The minimum absolute atomic E-state index is 0.828. The van der Waals surface area contributed by atoms with Crippen LogP contribution in [0.1, 0.15) is 16.7 Å². The lowest BCUT2D eigenvalue weighted by Gasteiger charge is -2.20. The largest absolute Gasteiger partial charge is 0.457 e. The summed E-state index contributed by atoms with van der Waals surface area (Å²) in [4.78, 5) is 0. The van der Waals surface area contributed by atoms with Crippen molar-refractivity contribution in [2.45, 2.75) is 12.8 Å². The Bertz CT molecular complexity index is 529. The number of ether oxygens (including phenoxy) is 1. The molecule has 1 radical (unpaired) electrons. The molecule has 1 aliphatic heterocycles. The van der Waals surface area contributed by atoms with E-state index in [1.165, 1.54) is 16.7 Å². The highest BCUT2D eigenvalue weighted by atomic mass is 16.5. The standard InChI is InChI=1S/C15H13O/c1-2-11-7-8-15-13(9-11)10-12-5-3-4-6-14(12)16-15/h3-9H,1-2,10H2. The molecular formula is C15H13O. The molecule has 0 N–H and O–H groups in total. The first-order chi connectivity index (χ1) is 7.86. The van der Waals surface area contributed by atoms with Gasteiger partial charge in [0.15, 0.2) is 0 Å². The van der Waals surface area contributed by atoms with Gasteiger partial charge in [-0.15, -0.1) is 0 Å². The van der Waals surface area contributed by atoms with E-state index >= 15 is 0 Å². The second-order valence-corrected chi connectivity index (χ2v) is 4.08. The van der Waals surface area contributed by atoms with Crippen LogP contribution in [0.4, 0.5) is 0 Å². The molecule has 1 aliphatic rings. The van der Waals surface area contributed by atoms with Crippen LogP contribution in [0.3, 0.4) is 0 Å². The summed E-state index contributed by atoms with van der Waals surface area (Å²) in [7, 11) is 0. The molecule has 0 saturated carbocycles. The molecule has 1 nitrogen and oxygen atoms in total. The van der Waals surface area contributed by atoms with Crippen molar-refractivity contribution in [1.82, 2.24) is 0 Å². The molecule has 16 heavy (non-hydrogen) atoms. The van der Waals surface area contributed by atoms with E-state index in [0.717, 1.165) is 24.3 Å². The minimum Gasteiger partial charge on any atom is -0.457 e. The molecular weight excluding hydrogens is 196 g/mol. The highest BCUT2D eigenvalue weighted by molar-refractivity contribution is 5.50. The Morgan fingerprint density at radius 2 is 1.81 bits per heavy atom. The first-order valence-electron chi connectivity index (χ1n) is 5.53. The Balaban J connectivity index is 2.05. The molecule has 79 valence electrons. The van der Waals surface area contributed by atoms with Crippen LogP contribution >= 0.6 is 0 Å². The average Bonchev–Trinajstić information content (AvgIpc) is 2.35. The summed E-state index contributed by atoms with van der Waals surface area (Å²) >= 11 is 0. The summed E-state index contributed by atoms with van der Waals surface area (Å²) in [6, 6.07) is 14.5. The predicted molar refractivity (Wildman–Crippen MR) is 64.8 cm³/mol. The van der Waals surface area contributed by atoms with Crippen molar-refractivity contribution >= 4 is 0 Å². The third-order valence-corrected chi connectivity index (χ3v) is 2.99. The maximum atomic E-state index is 5.86. The van der Waals surface area contributed by atoms with Gasteiger partial charge in [-0.3, -0.25) is 0 Å². The van der Waals surface area contributed by atoms with E-state index in [-0.39, 0.29) is 0 Å². The van der Waals surface area contributed by atoms with E-state index in [0.29, 0.717) is 0 Å². The lowest BCUT2D eigenvalue weighted by Crippen LogP contribution is -2.03. The zero-order valence-electron chi connectivity index (χ0n) is 9.07. The molecule has 0 aliphatic carbocycles. The molecule has 1 heterocycles. The SMILES string of the molecule is [CH2]Cc1ccc2c(c1)Cc1ccccc1O2. The molecule has 0 spiro atoms. The maximum Gasteiger partial charge on any atom is 0.130 e. The Kier molecular flexibility index (Phi) is 2.17. The molecule has 1 heteroatoms. The molecule has 0 atom stereocenters. The van der Waals surface area contributed by atoms with Gasteiger partial charge in [-0.1, -0.05) is 30.3 Å². The van der Waals surface area contributed by atoms with Crippen LogP contribution < -0.4 is 4.74 Å². The Labute approximate surface area is 95.7 Å². The fourth-order valence-corrected chi connectivity index (χ4v) is 2.10. The molecule has 0 bridgehead atoms. The molecule has 2 aromatic rings. The van der Waals surface area contributed by atoms with Gasteiger partial charge >= 0.3 is 0 Å². The van der Waals surface area contributed by atoms with Crippen LogP contribution in [0.15, 0.2) is 42.5 Å². The summed E-state index contributed by atoms with van der Waals surface area (Å²) in [5.41, 5.74) is 3.79. The van der Waals surface area contributed by atoms with Gasteiger partial charge in [0.25, 0.3) is 0 Å². The molecule has 0 fully saturated rings. The third-order valence-electron chi connectivity index (χ3n) is 2.99. The minimum atomic E-state index is 0.828. The van der Waals surface area contributed by atoms with Crippen molar-refractivity contribution < 1.29 is 4.74 Å². The fourth-order valence-electron chi connectivity index (χ4n) is 2.10. The van der Waals surface area contributed by atoms with Crippen molar-refractivity contribution in [2.75, 3.05) is 0 Å². The number of para-hydroxylation sites is 1. The van der Waals surface area contributed by atoms with Crippen LogP contribution in [0.5, 0.6) is 11.5 Å². The predicted octanol–water partition coefficient (Wildman–Crippen LogP) is 3.76. The topological polar surface area (TPSA) is 9.23 Å². The van der Waals surface area contributed by atoms with Gasteiger partial charge < -0.3 is 4.74 Å². The summed E-state index contributed by atoms with van der Waals surface area (Å²) < 4.78 is 5.86. The van der Waals surface area contributed by atoms with E-state index in [9.17, 15) is 0 Å². The number of fused-ring (bicyclic) bond motifs is 2. The van der Waals surface area contributed by atoms with E-state index in [2.05, 4.69) is 31.2 Å². The van der Waals surface area contributed by atoms with Crippen molar-refractivity contribution in [3.8, 4) is 11.5 Å². The van der Waals surface area contributed by atoms with Crippen molar-refractivity contribution in [3.63, 3.8) is 0 Å². The quantitative estimate of drug-likeness (QED) is 0.593. The first-order valence-corrected chi connectivity index (χ1v) is 5.53. The van der Waals surface area contributed by atoms with Gasteiger partial charge in [0, 0.05) is 6.42 Å². The van der Waals surface area contributed by atoms with Crippen LogP contribution in [-0.2, 0) is 12.8 Å².